The van der Waals surface area contributed by atoms with E-state index in [2.05, 4.69) is 5.32 Å². The third-order valence-electron chi connectivity index (χ3n) is 1.95. The summed E-state index contributed by atoms with van der Waals surface area (Å²) in [5.74, 6) is 0.736. The molecule has 1 aromatic carbocycles. The van der Waals surface area contributed by atoms with Crippen LogP contribution in [0.25, 0.3) is 0 Å². The molecular formula is C11H14ClNO4. The summed E-state index contributed by atoms with van der Waals surface area (Å²) in [5.41, 5.74) is 0. The number of rotatable bonds is 6. The SMILES string of the molecule is COc1cc(O)ccc1OCCNC(=O)CCl. The van der Waals surface area contributed by atoms with Gasteiger partial charge < -0.3 is 19.9 Å². The molecule has 0 fully saturated rings. The van der Waals surface area contributed by atoms with E-state index in [0.717, 1.165) is 0 Å². The first-order chi connectivity index (χ1) is 8.17. The van der Waals surface area contributed by atoms with E-state index in [1.54, 1.807) is 6.07 Å². The molecule has 0 aliphatic rings. The highest BCUT2D eigenvalue weighted by molar-refractivity contribution is 6.27. The van der Waals surface area contributed by atoms with Gasteiger partial charge in [0.2, 0.25) is 5.91 Å². The molecule has 0 spiro atoms. The average molecular weight is 260 g/mol. The fourth-order valence-corrected chi connectivity index (χ4v) is 1.27. The van der Waals surface area contributed by atoms with Crippen molar-refractivity contribution < 1.29 is 19.4 Å². The van der Waals surface area contributed by atoms with E-state index < -0.39 is 0 Å². The summed E-state index contributed by atoms with van der Waals surface area (Å²) in [5, 5.41) is 11.8. The van der Waals surface area contributed by atoms with Crippen molar-refractivity contribution >= 4 is 17.5 Å². The Morgan fingerprint density at radius 2 is 2.24 bits per heavy atom. The van der Waals surface area contributed by atoms with E-state index in [4.69, 9.17) is 21.1 Å². The summed E-state index contributed by atoms with van der Waals surface area (Å²) in [6.45, 7) is 0.652. The van der Waals surface area contributed by atoms with Gasteiger partial charge in [0.25, 0.3) is 0 Å². The van der Waals surface area contributed by atoms with Gasteiger partial charge in [0.1, 0.15) is 18.2 Å². The maximum absolute atomic E-state index is 10.8. The largest absolute Gasteiger partial charge is 0.508 e. The lowest BCUT2D eigenvalue weighted by Gasteiger charge is -2.11. The number of benzene rings is 1. The Kier molecular flexibility index (Phi) is 5.42. The summed E-state index contributed by atoms with van der Waals surface area (Å²) < 4.78 is 10.4. The van der Waals surface area contributed by atoms with Crippen LogP contribution in [0, 0.1) is 0 Å². The molecule has 0 atom stereocenters. The highest BCUT2D eigenvalue weighted by Gasteiger charge is 2.05. The van der Waals surface area contributed by atoms with Gasteiger partial charge in [0, 0.05) is 6.07 Å². The highest BCUT2D eigenvalue weighted by Crippen LogP contribution is 2.30. The van der Waals surface area contributed by atoms with Crippen molar-refractivity contribution in [2.75, 3.05) is 26.1 Å². The second kappa shape index (κ2) is 6.85. The minimum Gasteiger partial charge on any atom is -0.508 e. The first kappa shape index (κ1) is 13.4. The summed E-state index contributed by atoms with van der Waals surface area (Å²) in [6.07, 6.45) is 0. The molecule has 17 heavy (non-hydrogen) atoms. The topological polar surface area (TPSA) is 67.8 Å². The van der Waals surface area contributed by atoms with Gasteiger partial charge in [0.05, 0.1) is 13.7 Å². The number of phenolic OH excluding ortho intramolecular Hbond substituents is 1. The molecule has 0 aliphatic heterocycles. The Balaban J connectivity index is 2.43. The van der Waals surface area contributed by atoms with Crippen LogP contribution in [0.15, 0.2) is 18.2 Å². The first-order valence-electron chi connectivity index (χ1n) is 5.00. The molecule has 0 saturated carbocycles. The van der Waals surface area contributed by atoms with Crippen molar-refractivity contribution in [2.45, 2.75) is 0 Å². The summed E-state index contributed by atoms with van der Waals surface area (Å²) in [7, 11) is 1.48. The lowest BCUT2D eigenvalue weighted by Crippen LogP contribution is -2.28. The number of alkyl halides is 1. The van der Waals surface area contributed by atoms with Crippen LogP contribution in [-0.4, -0.2) is 37.2 Å². The summed E-state index contributed by atoms with van der Waals surface area (Å²) in [4.78, 5) is 10.8. The monoisotopic (exact) mass is 259 g/mol. The van der Waals surface area contributed by atoms with Crippen LogP contribution in [0.5, 0.6) is 17.2 Å². The fourth-order valence-electron chi connectivity index (χ4n) is 1.17. The molecule has 1 rings (SSSR count). The van der Waals surface area contributed by atoms with Gasteiger partial charge in [-0.05, 0) is 12.1 Å². The van der Waals surface area contributed by atoms with Crippen LogP contribution in [-0.2, 0) is 4.79 Å². The zero-order valence-electron chi connectivity index (χ0n) is 9.40. The number of hydrogen-bond acceptors (Lipinski definition) is 4. The van der Waals surface area contributed by atoms with Crippen LogP contribution in [0.3, 0.4) is 0 Å². The molecule has 1 aromatic rings. The molecule has 6 heteroatoms. The molecule has 2 N–H and O–H groups in total. The highest BCUT2D eigenvalue weighted by atomic mass is 35.5. The average Bonchev–Trinajstić information content (AvgIpc) is 2.35. The first-order valence-corrected chi connectivity index (χ1v) is 5.53. The number of hydrogen-bond donors (Lipinski definition) is 2. The third-order valence-corrected chi connectivity index (χ3v) is 2.19. The fraction of sp³-hybridized carbons (Fsp3) is 0.364. The van der Waals surface area contributed by atoms with Gasteiger partial charge >= 0.3 is 0 Å². The van der Waals surface area contributed by atoms with Gasteiger partial charge in [-0.25, -0.2) is 0 Å². The number of amides is 1. The lowest BCUT2D eigenvalue weighted by atomic mass is 10.3. The van der Waals surface area contributed by atoms with Crippen LogP contribution in [0.1, 0.15) is 0 Å². The predicted octanol–water partition coefficient (Wildman–Crippen LogP) is 1.13. The van der Waals surface area contributed by atoms with Crippen LogP contribution in [0.4, 0.5) is 0 Å². The van der Waals surface area contributed by atoms with Crippen molar-refractivity contribution in [1.82, 2.24) is 5.32 Å². The summed E-state index contributed by atoms with van der Waals surface area (Å²) in [6, 6.07) is 4.54. The van der Waals surface area contributed by atoms with Crippen molar-refractivity contribution in [2.24, 2.45) is 0 Å². The Bertz CT molecular complexity index is 384. The Labute approximate surface area is 104 Å². The molecule has 0 radical (unpaired) electrons. The maximum Gasteiger partial charge on any atom is 0.235 e. The minimum atomic E-state index is -0.243. The van der Waals surface area contributed by atoms with Gasteiger partial charge in [-0.1, -0.05) is 0 Å². The van der Waals surface area contributed by atoms with Crippen molar-refractivity contribution in [3.05, 3.63) is 18.2 Å². The van der Waals surface area contributed by atoms with E-state index in [0.29, 0.717) is 24.7 Å². The Hall–Kier alpha value is -1.62. The van der Waals surface area contributed by atoms with Gasteiger partial charge in [-0.15, -0.1) is 11.6 Å². The Morgan fingerprint density at radius 3 is 2.88 bits per heavy atom. The van der Waals surface area contributed by atoms with Crippen molar-refractivity contribution in [3.63, 3.8) is 0 Å². The molecule has 0 heterocycles. The number of aromatic hydroxyl groups is 1. The Morgan fingerprint density at radius 1 is 1.47 bits per heavy atom. The predicted molar refractivity (Wildman–Crippen MR) is 63.9 cm³/mol. The summed E-state index contributed by atoms with van der Waals surface area (Å²) >= 11 is 5.31. The number of nitrogens with one attached hydrogen (secondary N) is 1. The van der Waals surface area contributed by atoms with Crippen molar-refractivity contribution in [1.29, 1.82) is 0 Å². The number of phenols is 1. The van der Waals surface area contributed by atoms with E-state index in [-0.39, 0.29) is 17.5 Å². The second-order valence-electron chi connectivity index (χ2n) is 3.17. The minimum absolute atomic E-state index is 0.0669. The number of carbonyl (C=O) groups excluding carboxylic acids is 1. The molecular weight excluding hydrogens is 246 g/mol. The molecule has 0 unspecified atom stereocenters. The van der Waals surface area contributed by atoms with E-state index in [1.165, 1.54) is 19.2 Å². The van der Waals surface area contributed by atoms with Gasteiger partial charge in [-0.3, -0.25) is 4.79 Å². The zero-order chi connectivity index (χ0) is 12.7. The van der Waals surface area contributed by atoms with Crippen LogP contribution in [0.2, 0.25) is 0 Å². The van der Waals surface area contributed by atoms with Gasteiger partial charge in [0.15, 0.2) is 11.5 Å². The standard InChI is InChI=1S/C11H14ClNO4/c1-16-10-6-8(14)2-3-9(10)17-5-4-13-11(15)7-12/h2-3,6,14H,4-5,7H2,1H3,(H,13,15). The quantitative estimate of drug-likeness (QED) is 0.594. The molecule has 0 aliphatic carbocycles. The van der Waals surface area contributed by atoms with Gasteiger partial charge in [-0.2, -0.15) is 0 Å². The van der Waals surface area contributed by atoms with Crippen molar-refractivity contribution in [3.8, 4) is 17.2 Å². The van der Waals surface area contributed by atoms with Crippen LogP contribution < -0.4 is 14.8 Å². The number of ether oxygens (including phenoxy) is 2. The molecule has 0 aromatic heterocycles. The van der Waals surface area contributed by atoms with E-state index >= 15 is 0 Å². The molecule has 0 saturated heterocycles. The second-order valence-corrected chi connectivity index (χ2v) is 3.43. The lowest BCUT2D eigenvalue weighted by molar-refractivity contribution is -0.118. The smallest absolute Gasteiger partial charge is 0.235 e. The normalized spacial score (nSPS) is 9.76. The molecule has 5 nitrogen and oxygen atoms in total. The molecule has 0 bridgehead atoms. The zero-order valence-corrected chi connectivity index (χ0v) is 10.2. The maximum atomic E-state index is 10.8. The van der Waals surface area contributed by atoms with E-state index in [1.807, 2.05) is 0 Å². The number of halogens is 1. The molecule has 1 amide bonds. The van der Waals surface area contributed by atoms with E-state index in [9.17, 15) is 9.90 Å². The van der Waals surface area contributed by atoms with Crippen LogP contribution >= 0.6 is 11.6 Å². The number of methoxy groups -OCH3 is 1. The number of carbonyl (C=O) groups is 1. The third kappa shape index (κ3) is 4.40. The molecule has 94 valence electrons.